The van der Waals surface area contributed by atoms with Crippen LogP contribution >= 0.6 is 0 Å². The molecule has 1 aliphatic heterocycles. The fourth-order valence-corrected chi connectivity index (χ4v) is 6.20. The summed E-state index contributed by atoms with van der Waals surface area (Å²) in [7, 11) is 0. The molecule has 0 amide bonds. The van der Waals surface area contributed by atoms with Gasteiger partial charge >= 0.3 is 0 Å². The molecule has 39 heavy (non-hydrogen) atoms. The van der Waals surface area contributed by atoms with Gasteiger partial charge in [0.1, 0.15) is 11.6 Å². The third-order valence-electron chi connectivity index (χ3n) is 8.22. The minimum atomic E-state index is -1.15. The predicted molar refractivity (Wildman–Crippen MR) is 138 cm³/mol. The summed E-state index contributed by atoms with van der Waals surface area (Å²) < 4.78 is 34.0. The molecule has 0 radical (unpaired) electrons. The first-order valence-electron chi connectivity index (χ1n) is 13.2. The smallest absolute Gasteiger partial charge is 0.170 e. The molecule has 3 aromatic heterocycles. The molecule has 1 aromatic carbocycles. The lowest BCUT2D eigenvalue weighted by atomic mass is 9.75. The van der Waals surface area contributed by atoms with Crippen molar-refractivity contribution in [3.05, 3.63) is 83.3 Å². The summed E-state index contributed by atoms with van der Waals surface area (Å²) >= 11 is 0. The molecule has 7 rings (SSSR count). The molecule has 0 spiro atoms. The van der Waals surface area contributed by atoms with Gasteiger partial charge in [0, 0.05) is 18.6 Å². The van der Waals surface area contributed by atoms with Gasteiger partial charge in [-0.1, -0.05) is 26.8 Å². The summed E-state index contributed by atoms with van der Waals surface area (Å²) in [6.07, 6.45) is 6.67. The monoisotopic (exact) mass is 530 g/mol. The van der Waals surface area contributed by atoms with E-state index in [-0.39, 0.29) is 36.3 Å². The highest BCUT2D eigenvalue weighted by Crippen LogP contribution is 2.62. The largest absolute Gasteiger partial charge is 0.377 e. The zero-order valence-electron chi connectivity index (χ0n) is 21.9. The molecule has 10 heteroatoms. The van der Waals surface area contributed by atoms with Crippen LogP contribution in [-0.4, -0.2) is 48.5 Å². The normalized spacial score (nSPS) is 23.9. The molecule has 2 fully saturated rings. The zero-order chi connectivity index (χ0) is 27.4. The molecule has 4 heterocycles. The fraction of sp³-hybridized carbons (Fsp3) is 0.379. The minimum Gasteiger partial charge on any atom is -0.377 e. The van der Waals surface area contributed by atoms with Crippen molar-refractivity contribution >= 4 is 0 Å². The van der Waals surface area contributed by atoms with Crippen molar-refractivity contribution in [1.82, 2.24) is 30.1 Å². The SMILES string of the molecule is CC.C[C@@H]1[C@H]2CCC1(c1ccnc(-c3cnc(C4(O)COC4)nc3)n1)c1nnc(-c3c(F)cccc3F)cc12. The van der Waals surface area contributed by atoms with E-state index in [1.165, 1.54) is 18.2 Å². The van der Waals surface area contributed by atoms with Crippen molar-refractivity contribution in [2.45, 2.75) is 50.5 Å². The zero-order valence-corrected chi connectivity index (χ0v) is 21.9. The van der Waals surface area contributed by atoms with Crippen LogP contribution < -0.4 is 0 Å². The first-order chi connectivity index (χ1) is 18.9. The Kier molecular flexibility index (Phi) is 6.19. The number of fused-ring (bicyclic) bond motifs is 5. The molecule has 4 aromatic rings. The topological polar surface area (TPSA) is 107 Å². The lowest BCUT2D eigenvalue weighted by Gasteiger charge is -2.34. The number of hydrogen-bond donors (Lipinski definition) is 1. The van der Waals surface area contributed by atoms with Crippen LogP contribution in [0.4, 0.5) is 8.78 Å². The highest BCUT2D eigenvalue weighted by molar-refractivity contribution is 5.64. The number of ether oxygens (including phenoxy) is 1. The van der Waals surface area contributed by atoms with Crippen molar-refractivity contribution in [1.29, 1.82) is 0 Å². The van der Waals surface area contributed by atoms with Crippen LogP contribution in [0, 0.1) is 17.6 Å². The average molecular weight is 531 g/mol. The number of nitrogens with zero attached hydrogens (tertiary/aromatic N) is 6. The third-order valence-corrected chi connectivity index (χ3v) is 8.22. The maximum Gasteiger partial charge on any atom is 0.170 e. The Morgan fingerprint density at radius 3 is 2.38 bits per heavy atom. The van der Waals surface area contributed by atoms with Crippen LogP contribution in [0.1, 0.15) is 62.3 Å². The molecule has 3 aliphatic rings. The van der Waals surface area contributed by atoms with E-state index in [0.29, 0.717) is 17.2 Å². The Labute approximate surface area is 224 Å². The molecule has 2 aliphatic carbocycles. The lowest BCUT2D eigenvalue weighted by molar-refractivity contribution is -0.189. The van der Waals surface area contributed by atoms with Crippen molar-refractivity contribution < 1.29 is 18.6 Å². The second kappa shape index (κ2) is 9.46. The van der Waals surface area contributed by atoms with Gasteiger partial charge in [0.2, 0.25) is 0 Å². The van der Waals surface area contributed by atoms with Crippen molar-refractivity contribution in [2.24, 2.45) is 5.92 Å². The van der Waals surface area contributed by atoms with Crippen LogP contribution in [0.25, 0.3) is 22.6 Å². The van der Waals surface area contributed by atoms with E-state index in [4.69, 9.17) is 9.72 Å². The molecule has 1 saturated carbocycles. The molecular formula is C29H28F2N6O2. The Morgan fingerprint density at radius 2 is 1.72 bits per heavy atom. The molecule has 200 valence electrons. The Hall–Kier alpha value is -3.76. The first-order valence-corrected chi connectivity index (χ1v) is 13.2. The molecule has 3 atom stereocenters. The summed E-state index contributed by atoms with van der Waals surface area (Å²) in [4.78, 5) is 18.0. The summed E-state index contributed by atoms with van der Waals surface area (Å²) in [5, 5.41) is 19.2. The molecule has 2 bridgehead atoms. The highest BCUT2D eigenvalue weighted by Gasteiger charge is 2.58. The maximum atomic E-state index is 14.5. The first kappa shape index (κ1) is 25.5. The quantitative estimate of drug-likeness (QED) is 0.404. The Bertz CT molecular complexity index is 1530. The average Bonchev–Trinajstić information content (AvgIpc) is 3.41. The van der Waals surface area contributed by atoms with E-state index < -0.39 is 22.7 Å². The van der Waals surface area contributed by atoms with Gasteiger partial charge in [-0.2, -0.15) is 5.10 Å². The number of aromatic nitrogens is 6. The van der Waals surface area contributed by atoms with E-state index in [1.807, 2.05) is 19.9 Å². The van der Waals surface area contributed by atoms with Gasteiger partial charge in [-0.15, -0.1) is 5.10 Å². The van der Waals surface area contributed by atoms with Crippen LogP contribution in [0.5, 0.6) is 0 Å². The van der Waals surface area contributed by atoms with E-state index in [2.05, 4.69) is 32.1 Å². The van der Waals surface area contributed by atoms with E-state index in [1.54, 1.807) is 24.7 Å². The second-order valence-corrected chi connectivity index (χ2v) is 10.1. The van der Waals surface area contributed by atoms with Gasteiger partial charge in [0.05, 0.1) is 46.8 Å². The molecule has 8 nitrogen and oxygen atoms in total. The van der Waals surface area contributed by atoms with Crippen molar-refractivity contribution in [3.8, 4) is 22.6 Å². The molecular weight excluding hydrogens is 502 g/mol. The predicted octanol–water partition coefficient (Wildman–Crippen LogP) is 4.73. The number of halogens is 2. The van der Waals surface area contributed by atoms with Gasteiger partial charge in [-0.05, 0) is 54.5 Å². The van der Waals surface area contributed by atoms with Crippen LogP contribution in [0.15, 0.2) is 48.9 Å². The standard InChI is InChI=1S/C27H22F2N6O2.C2H6/c1-14-16-5-7-27(14,23-17(16)9-20(34-35-23)22-18(28)3-2-4-19(22)29)21-6-8-30-24(33-21)15-10-31-25(32-11-15)26(36)12-37-13-26;1-2/h2-4,6,8-11,14,16,36H,5,7,12-13H2,1H3;1-2H3/t14-,16-,27?;/m1./s1. The molecule has 1 N–H and O–H groups in total. The van der Waals surface area contributed by atoms with Crippen LogP contribution in [0.2, 0.25) is 0 Å². The van der Waals surface area contributed by atoms with E-state index in [9.17, 15) is 13.9 Å². The van der Waals surface area contributed by atoms with E-state index in [0.717, 1.165) is 29.8 Å². The fourth-order valence-electron chi connectivity index (χ4n) is 6.20. The number of hydrogen-bond acceptors (Lipinski definition) is 8. The van der Waals surface area contributed by atoms with Crippen molar-refractivity contribution in [2.75, 3.05) is 13.2 Å². The highest BCUT2D eigenvalue weighted by atomic mass is 19.1. The van der Waals surface area contributed by atoms with E-state index >= 15 is 0 Å². The Morgan fingerprint density at radius 1 is 1.00 bits per heavy atom. The molecule has 1 saturated heterocycles. The van der Waals surface area contributed by atoms with Gasteiger partial charge in [-0.3, -0.25) is 0 Å². The number of aliphatic hydroxyl groups is 1. The Balaban J connectivity index is 0.00000135. The third kappa shape index (κ3) is 3.76. The summed E-state index contributed by atoms with van der Waals surface area (Å²) in [6.45, 7) is 6.51. The maximum absolute atomic E-state index is 14.5. The second-order valence-electron chi connectivity index (χ2n) is 10.1. The summed E-state index contributed by atoms with van der Waals surface area (Å²) in [5.41, 5.74) is 1.64. The van der Waals surface area contributed by atoms with Gasteiger partial charge in [-0.25, -0.2) is 28.7 Å². The number of rotatable bonds is 4. The minimum absolute atomic E-state index is 0.159. The van der Waals surface area contributed by atoms with Gasteiger partial charge in [0.15, 0.2) is 17.2 Å². The van der Waals surface area contributed by atoms with Gasteiger partial charge in [0.25, 0.3) is 0 Å². The lowest BCUT2D eigenvalue weighted by Crippen LogP contribution is -2.47. The summed E-state index contributed by atoms with van der Waals surface area (Å²) in [6, 6.07) is 7.47. The van der Waals surface area contributed by atoms with Gasteiger partial charge < -0.3 is 9.84 Å². The van der Waals surface area contributed by atoms with Crippen LogP contribution in [0.3, 0.4) is 0 Å². The van der Waals surface area contributed by atoms with Crippen molar-refractivity contribution in [3.63, 3.8) is 0 Å². The molecule has 1 unspecified atom stereocenters. The number of benzene rings is 1. The van der Waals surface area contributed by atoms with Crippen LogP contribution in [-0.2, 0) is 15.8 Å². The summed E-state index contributed by atoms with van der Waals surface area (Å²) in [5.74, 6) is -0.183.